The molecule has 0 aliphatic carbocycles. The molecular formula is C15H13ClN2O4. The van der Waals surface area contributed by atoms with Crippen molar-refractivity contribution in [2.75, 3.05) is 12.4 Å². The number of methoxy groups -OCH3 is 1. The van der Waals surface area contributed by atoms with Crippen LogP contribution in [0.3, 0.4) is 0 Å². The molecule has 0 fully saturated rings. The van der Waals surface area contributed by atoms with Gasteiger partial charge in [0.2, 0.25) is 0 Å². The number of hydrogen-bond acceptors (Lipinski definition) is 4. The highest BCUT2D eigenvalue weighted by Crippen LogP contribution is 2.27. The van der Waals surface area contributed by atoms with Crippen LogP contribution in [0.25, 0.3) is 0 Å². The maximum atomic E-state index is 12.2. The molecule has 0 aromatic heterocycles. The summed E-state index contributed by atoms with van der Waals surface area (Å²) in [7, 11) is 1.57. The van der Waals surface area contributed by atoms with Gasteiger partial charge in [-0.2, -0.15) is 0 Å². The fourth-order valence-electron chi connectivity index (χ4n) is 1.90. The van der Waals surface area contributed by atoms with E-state index in [2.05, 4.69) is 5.32 Å². The lowest BCUT2D eigenvalue weighted by Crippen LogP contribution is -2.12. The van der Waals surface area contributed by atoms with E-state index >= 15 is 0 Å². The van der Waals surface area contributed by atoms with Gasteiger partial charge in [-0.15, -0.1) is 0 Å². The van der Waals surface area contributed by atoms with E-state index in [4.69, 9.17) is 16.3 Å². The fraction of sp³-hybridized carbons (Fsp3) is 0.133. The van der Waals surface area contributed by atoms with Crippen LogP contribution in [0.2, 0.25) is 5.02 Å². The summed E-state index contributed by atoms with van der Waals surface area (Å²) in [5.41, 5.74) is 1.34. The summed E-state index contributed by atoms with van der Waals surface area (Å²) in [4.78, 5) is 22.4. The van der Waals surface area contributed by atoms with Crippen LogP contribution in [0, 0.1) is 10.1 Å². The summed E-state index contributed by atoms with van der Waals surface area (Å²) in [5.74, 6) is -0.366. The molecule has 22 heavy (non-hydrogen) atoms. The van der Waals surface area contributed by atoms with E-state index in [0.29, 0.717) is 17.9 Å². The summed E-state index contributed by atoms with van der Waals surface area (Å²) in [5, 5.41) is 13.5. The molecule has 2 aromatic rings. The Morgan fingerprint density at radius 2 is 2.09 bits per heavy atom. The summed E-state index contributed by atoms with van der Waals surface area (Å²) in [6.45, 7) is 0.396. The Morgan fingerprint density at radius 1 is 1.32 bits per heavy atom. The van der Waals surface area contributed by atoms with Crippen LogP contribution in [-0.2, 0) is 11.3 Å². The third-order valence-corrected chi connectivity index (χ3v) is 3.22. The summed E-state index contributed by atoms with van der Waals surface area (Å²) >= 11 is 5.73. The number of nitrogens with zero attached hydrogens (tertiary/aromatic N) is 1. The van der Waals surface area contributed by atoms with Gasteiger partial charge >= 0.3 is 0 Å². The number of amides is 1. The third kappa shape index (κ3) is 3.81. The molecule has 0 unspecified atom stereocenters. The molecule has 0 aliphatic heterocycles. The molecule has 2 rings (SSSR count). The molecule has 0 saturated heterocycles. The van der Waals surface area contributed by atoms with Crippen LogP contribution < -0.4 is 5.32 Å². The van der Waals surface area contributed by atoms with Gasteiger partial charge in [-0.25, -0.2) is 0 Å². The summed E-state index contributed by atoms with van der Waals surface area (Å²) < 4.78 is 5.01. The molecule has 0 atom stereocenters. The second kappa shape index (κ2) is 7.02. The third-order valence-electron chi connectivity index (χ3n) is 2.90. The van der Waals surface area contributed by atoms with Gasteiger partial charge in [-0.1, -0.05) is 23.7 Å². The number of carbonyl (C=O) groups is 1. The first-order valence-electron chi connectivity index (χ1n) is 6.34. The van der Waals surface area contributed by atoms with Gasteiger partial charge in [0.1, 0.15) is 5.02 Å². The van der Waals surface area contributed by atoms with E-state index in [1.807, 2.05) is 6.07 Å². The molecule has 2 aromatic carbocycles. The molecule has 0 heterocycles. The number of nitro benzene ring substituents is 1. The maximum Gasteiger partial charge on any atom is 0.289 e. The smallest absolute Gasteiger partial charge is 0.289 e. The summed E-state index contributed by atoms with van der Waals surface area (Å²) in [6.07, 6.45) is 0. The number of hydrogen-bond donors (Lipinski definition) is 1. The van der Waals surface area contributed by atoms with Gasteiger partial charge in [0.05, 0.1) is 11.5 Å². The molecule has 0 radical (unpaired) electrons. The second-order valence-electron chi connectivity index (χ2n) is 4.51. The van der Waals surface area contributed by atoms with Crippen molar-refractivity contribution in [3.05, 3.63) is 68.7 Å². The Morgan fingerprint density at radius 3 is 2.77 bits per heavy atom. The highest BCUT2D eigenvalue weighted by molar-refractivity contribution is 6.32. The molecule has 1 N–H and O–H groups in total. The molecule has 114 valence electrons. The number of benzene rings is 2. The highest BCUT2D eigenvalue weighted by Gasteiger charge is 2.14. The molecule has 0 aliphatic rings. The lowest BCUT2D eigenvalue weighted by atomic mass is 10.1. The zero-order valence-corrected chi connectivity index (χ0v) is 12.5. The van der Waals surface area contributed by atoms with Crippen molar-refractivity contribution in [2.24, 2.45) is 0 Å². The fourth-order valence-corrected chi connectivity index (χ4v) is 2.09. The van der Waals surface area contributed by atoms with E-state index < -0.39 is 4.92 Å². The van der Waals surface area contributed by atoms with Crippen molar-refractivity contribution in [1.82, 2.24) is 0 Å². The lowest BCUT2D eigenvalue weighted by molar-refractivity contribution is -0.384. The van der Waals surface area contributed by atoms with Crippen molar-refractivity contribution < 1.29 is 14.5 Å². The van der Waals surface area contributed by atoms with Gasteiger partial charge in [0.15, 0.2) is 0 Å². The first kappa shape index (κ1) is 15.9. The predicted molar refractivity (Wildman–Crippen MR) is 83.2 cm³/mol. The van der Waals surface area contributed by atoms with Crippen LogP contribution in [0.1, 0.15) is 15.9 Å². The van der Waals surface area contributed by atoms with Crippen LogP contribution in [0.5, 0.6) is 0 Å². The van der Waals surface area contributed by atoms with Gasteiger partial charge < -0.3 is 10.1 Å². The number of nitrogens with one attached hydrogen (secondary N) is 1. The van der Waals surface area contributed by atoms with E-state index in [1.54, 1.807) is 25.3 Å². The maximum absolute atomic E-state index is 12.2. The number of anilines is 1. The normalized spacial score (nSPS) is 10.3. The van der Waals surface area contributed by atoms with Crippen LogP contribution in [0.4, 0.5) is 11.4 Å². The Bertz CT molecular complexity index is 718. The van der Waals surface area contributed by atoms with E-state index in [-0.39, 0.29) is 16.6 Å². The lowest BCUT2D eigenvalue weighted by Gasteiger charge is -2.07. The number of rotatable bonds is 5. The molecule has 0 saturated carbocycles. The van der Waals surface area contributed by atoms with Crippen molar-refractivity contribution in [2.45, 2.75) is 6.61 Å². The number of nitro groups is 1. The monoisotopic (exact) mass is 320 g/mol. The minimum atomic E-state index is -0.600. The average Bonchev–Trinajstić information content (AvgIpc) is 2.49. The van der Waals surface area contributed by atoms with E-state index in [0.717, 1.165) is 5.56 Å². The largest absolute Gasteiger partial charge is 0.380 e. The number of carbonyl (C=O) groups excluding carboxylic acids is 1. The minimum Gasteiger partial charge on any atom is -0.380 e. The first-order valence-corrected chi connectivity index (χ1v) is 6.72. The Balaban J connectivity index is 2.20. The quantitative estimate of drug-likeness (QED) is 0.673. The second-order valence-corrected chi connectivity index (χ2v) is 4.92. The van der Waals surface area contributed by atoms with Crippen molar-refractivity contribution in [3.63, 3.8) is 0 Å². The number of halogens is 1. The molecule has 1 amide bonds. The topological polar surface area (TPSA) is 81.5 Å². The van der Waals surface area contributed by atoms with Crippen LogP contribution >= 0.6 is 11.6 Å². The molecule has 6 nitrogen and oxygen atoms in total. The SMILES string of the molecule is COCc1cccc(C(=O)Nc2ccc(Cl)c([N+](=O)[O-])c2)c1. The van der Waals surface area contributed by atoms with Crippen LogP contribution in [0.15, 0.2) is 42.5 Å². The molecular weight excluding hydrogens is 308 g/mol. The minimum absolute atomic E-state index is 0.0186. The van der Waals surface area contributed by atoms with Gasteiger partial charge in [-0.3, -0.25) is 14.9 Å². The molecule has 0 bridgehead atoms. The Hall–Kier alpha value is -2.44. The average molecular weight is 321 g/mol. The zero-order valence-electron chi connectivity index (χ0n) is 11.7. The Kier molecular flexibility index (Phi) is 5.08. The highest BCUT2D eigenvalue weighted by atomic mass is 35.5. The van der Waals surface area contributed by atoms with Gasteiger partial charge in [0.25, 0.3) is 11.6 Å². The zero-order chi connectivity index (χ0) is 16.1. The van der Waals surface area contributed by atoms with Gasteiger partial charge in [-0.05, 0) is 29.8 Å². The van der Waals surface area contributed by atoms with Crippen molar-refractivity contribution in [1.29, 1.82) is 0 Å². The molecule has 7 heteroatoms. The van der Waals surface area contributed by atoms with Crippen molar-refractivity contribution in [3.8, 4) is 0 Å². The standard InChI is InChI=1S/C15H13ClN2O4/c1-22-9-10-3-2-4-11(7-10)15(19)17-12-5-6-13(16)14(8-12)18(20)21/h2-8H,9H2,1H3,(H,17,19). The van der Waals surface area contributed by atoms with E-state index in [1.165, 1.54) is 18.2 Å². The summed E-state index contributed by atoms with van der Waals surface area (Å²) in [6, 6.07) is 11.0. The van der Waals surface area contributed by atoms with Crippen LogP contribution in [-0.4, -0.2) is 17.9 Å². The first-order chi connectivity index (χ1) is 10.5. The van der Waals surface area contributed by atoms with Crippen molar-refractivity contribution >= 4 is 28.9 Å². The predicted octanol–water partition coefficient (Wildman–Crippen LogP) is 3.65. The van der Waals surface area contributed by atoms with Gasteiger partial charge in [0, 0.05) is 24.4 Å². The Labute approximate surface area is 131 Å². The number of ether oxygens (including phenoxy) is 1. The van der Waals surface area contributed by atoms with E-state index in [9.17, 15) is 14.9 Å². The molecule has 0 spiro atoms.